The Labute approximate surface area is 257 Å². The van der Waals surface area contributed by atoms with Crippen molar-refractivity contribution in [1.29, 1.82) is 0 Å². The Morgan fingerprint density at radius 2 is 1.16 bits per heavy atom. The van der Waals surface area contributed by atoms with Gasteiger partial charge in [0.05, 0.1) is 26.2 Å². The summed E-state index contributed by atoms with van der Waals surface area (Å²) in [5.41, 5.74) is 0.901. The van der Waals surface area contributed by atoms with E-state index in [0.29, 0.717) is 21.7 Å². The molecule has 232 valence electrons. The van der Waals surface area contributed by atoms with Crippen molar-refractivity contribution < 1.29 is 42.7 Å². The number of hydrogen-bond acceptors (Lipinski definition) is 9. The molecule has 0 radical (unpaired) electrons. The number of ether oxygens (including phenoxy) is 3. The molecule has 9 nitrogen and oxygen atoms in total. The van der Waals surface area contributed by atoms with E-state index in [1.54, 1.807) is 101 Å². The average molecular weight is 621 g/mol. The first-order valence-electron chi connectivity index (χ1n) is 14.2. The number of rotatable bonds is 13. The summed E-state index contributed by atoms with van der Waals surface area (Å²) < 4.78 is 29.8. The van der Waals surface area contributed by atoms with Crippen molar-refractivity contribution in [2.24, 2.45) is 11.8 Å². The molecule has 3 rings (SSSR count). The number of aryl methyl sites for hydroxylation is 2. The highest BCUT2D eigenvalue weighted by Crippen LogP contribution is 2.48. The van der Waals surface area contributed by atoms with Gasteiger partial charge < -0.3 is 18.8 Å². The molecule has 0 aliphatic carbocycles. The van der Waals surface area contributed by atoms with Crippen molar-refractivity contribution >= 4 is 47.0 Å². The minimum Gasteiger partial charge on any atom is -0.469 e. The van der Waals surface area contributed by atoms with Crippen LogP contribution < -0.4 is 10.6 Å². The summed E-state index contributed by atoms with van der Waals surface area (Å²) in [6.07, 6.45) is -0.609. The van der Waals surface area contributed by atoms with E-state index in [4.69, 9.17) is 14.2 Å². The van der Waals surface area contributed by atoms with Crippen LogP contribution in [-0.4, -0.2) is 49.5 Å². The number of hydrogen-bond donors (Lipinski definition) is 0. The second-order valence-electron chi connectivity index (χ2n) is 10.2. The number of carbonyl (C=O) groups is 5. The van der Waals surface area contributed by atoms with Gasteiger partial charge in [0.2, 0.25) is 12.7 Å². The second kappa shape index (κ2) is 14.9. The largest absolute Gasteiger partial charge is 0.469 e. The lowest BCUT2D eigenvalue weighted by molar-refractivity contribution is -0.170. The zero-order valence-electron chi connectivity index (χ0n) is 25.7. The van der Waals surface area contributed by atoms with Crippen LogP contribution in [0, 0.1) is 32.6 Å². The highest BCUT2D eigenvalue weighted by atomic mass is 31.2. The molecule has 0 saturated carbocycles. The van der Waals surface area contributed by atoms with Crippen LogP contribution in [0.2, 0.25) is 0 Å². The quantitative estimate of drug-likeness (QED) is 0.0864. The topological polar surface area (TPSA) is 130 Å². The summed E-state index contributed by atoms with van der Waals surface area (Å²) in [5, 5.41) is 0.696. The standard InChI is InChI=1S/C34H37O9P/c1-7-42-32(37)30(33(38)43-8-2)26(31(36)41-6)20-27(35)28-21(3)19-22(4)29(23(28)5)34(39)44(40,24-15-11-9-12-16-24)25-17-13-10-14-18-25/h9-19,26,30H,7-8,20H2,1-6H3. The van der Waals surface area contributed by atoms with Crippen LogP contribution in [0.15, 0.2) is 66.7 Å². The molecule has 0 aliphatic rings. The van der Waals surface area contributed by atoms with Crippen molar-refractivity contribution in [3.05, 3.63) is 94.5 Å². The van der Waals surface area contributed by atoms with Gasteiger partial charge in [0, 0.05) is 28.2 Å². The summed E-state index contributed by atoms with van der Waals surface area (Å²) in [6, 6.07) is 18.6. The first-order valence-corrected chi connectivity index (χ1v) is 16.0. The van der Waals surface area contributed by atoms with Gasteiger partial charge in [-0.25, -0.2) is 0 Å². The lowest BCUT2D eigenvalue weighted by atomic mass is 9.83. The zero-order valence-corrected chi connectivity index (χ0v) is 26.6. The molecule has 3 aromatic carbocycles. The molecule has 0 aliphatic heterocycles. The zero-order chi connectivity index (χ0) is 32.6. The molecule has 0 spiro atoms. The summed E-state index contributed by atoms with van der Waals surface area (Å²) >= 11 is 0. The van der Waals surface area contributed by atoms with Crippen LogP contribution in [0.5, 0.6) is 0 Å². The van der Waals surface area contributed by atoms with Crippen LogP contribution >= 0.6 is 7.14 Å². The van der Waals surface area contributed by atoms with E-state index in [9.17, 15) is 28.5 Å². The van der Waals surface area contributed by atoms with E-state index in [2.05, 4.69) is 0 Å². The predicted molar refractivity (Wildman–Crippen MR) is 166 cm³/mol. The molecule has 0 aromatic heterocycles. The molecular weight excluding hydrogens is 583 g/mol. The van der Waals surface area contributed by atoms with E-state index in [0.717, 1.165) is 7.11 Å². The molecule has 1 unspecified atom stereocenters. The number of esters is 3. The van der Waals surface area contributed by atoms with E-state index in [1.807, 2.05) is 0 Å². The SMILES string of the molecule is CCOC(=O)C(C(=O)OCC)C(CC(=O)c1c(C)cc(C)c(C(=O)P(=O)(c2ccccc2)c2ccccc2)c1C)C(=O)OC. The normalized spacial score (nSPS) is 11.9. The van der Waals surface area contributed by atoms with Gasteiger partial charge in [0.1, 0.15) is 0 Å². The molecule has 0 heterocycles. The van der Waals surface area contributed by atoms with Crippen molar-refractivity contribution in [3.8, 4) is 0 Å². The van der Waals surface area contributed by atoms with E-state index >= 15 is 0 Å². The Morgan fingerprint density at radius 3 is 1.59 bits per heavy atom. The Hall–Kier alpha value is -4.36. The van der Waals surface area contributed by atoms with Crippen LogP contribution in [0.3, 0.4) is 0 Å². The smallest absolute Gasteiger partial charge is 0.321 e. The molecule has 0 amide bonds. The monoisotopic (exact) mass is 620 g/mol. The molecule has 0 bridgehead atoms. The maximum absolute atomic E-state index is 14.9. The highest BCUT2D eigenvalue weighted by Gasteiger charge is 2.44. The van der Waals surface area contributed by atoms with Crippen LogP contribution in [0.4, 0.5) is 0 Å². The van der Waals surface area contributed by atoms with Gasteiger partial charge in [0.15, 0.2) is 11.7 Å². The van der Waals surface area contributed by atoms with Crippen molar-refractivity contribution in [2.75, 3.05) is 20.3 Å². The molecule has 3 aromatic rings. The van der Waals surface area contributed by atoms with E-state index in [-0.39, 0.29) is 29.9 Å². The molecule has 44 heavy (non-hydrogen) atoms. The van der Waals surface area contributed by atoms with Crippen LogP contribution in [-0.2, 0) is 33.2 Å². The minimum absolute atomic E-state index is 0.0683. The fraction of sp³-hybridized carbons (Fsp3) is 0.324. The third-order valence-electron chi connectivity index (χ3n) is 7.38. The number of benzene rings is 3. The van der Waals surface area contributed by atoms with Crippen molar-refractivity contribution in [1.82, 2.24) is 0 Å². The average Bonchev–Trinajstić information content (AvgIpc) is 3.00. The Bertz CT molecular complexity index is 1530. The first kappa shape index (κ1) is 34.1. The van der Waals surface area contributed by atoms with Gasteiger partial charge >= 0.3 is 17.9 Å². The molecule has 0 N–H and O–H groups in total. The number of carbonyl (C=O) groups excluding carboxylic acids is 5. The Kier molecular flexibility index (Phi) is 11.5. The summed E-state index contributed by atoms with van der Waals surface area (Å²) in [6.45, 7) is 7.91. The number of methoxy groups -OCH3 is 1. The fourth-order valence-corrected chi connectivity index (χ4v) is 8.05. The van der Waals surface area contributed by atoms with Gasteiger partial charge in [-0.05, 0) is 51.3 Å². The Morgan fingerprint density at radius 1 is 0.705 bits per heavy atom. The molecule has 10 heteroatoms. The molecule has 0 saturated heterocycles. The second-order valence-corrected chi connectivity index (χ2v) is 12.9. The van der Waals surface area contributed by atoms with Gasteiger partial charge in [-0.3, -0.25) is 24.0 Å². The van der Waals surface area contributed by atoms with Crippen LogP contribution in [0.1, 0.15) is 57.7 Å². The summed E-state index contributed by atoms with van der Waals surface area (Å²) in [5.74, 6) is -6.92. The maximum Gasteiger partial charge on any atom is 0.321 e. The number of ketones is 1. The molecule has 1 atom stereocenters. The summed E-state index contributed by atoms with van der Waals surface area (Å²) in [7, 11) is -2.83. The third kappa shape index (κ3) is 6.89. The highest BCUT2D eigenvalue weighted by molar-refractivity contribution is 7.93. The van der Waals surface area contributed by atoms with Gasteiger partial charge in [-0.2, -0.15) is 0 Å². The molecule has 0 fully saturated rings. The van der Waals surface area contributed by atoms with Crippen molar-refractivity contribution in [3.63, 3.8) is 0 Å². The van der Waals surface area contributed by atoms with Crippen molar-refractivity contribution in [2.45, 2.75) is 41.0 Å². The van der Waals surface area contributed by atoms with E-state index < -0.39 is 54.6 Å². The maximum atomic E-state index is 14.9. The minimum atomic E-state index is -3.91. The van der Waals surface area contributed by atoms with Crippen LogP contribution in [0.25, 0.3) is 0 Å². The summed E-state index contributed by atoms with van der Waals surface area (Å²) in [4.78, 5) is 66.9. The molecular formula is C34H37O9P. The lowest BCUT2D eigenvalue weighted by Gasteiger charge is -2.24. The van der Waals surface area contributed by atoms with E-state index in [1.165, 1.54) is 0 Å². The fourth-order valence-electron chi connectivity index (χ4n) is 5.44. The Balaban J connectivity index is 2.17. The predicted octanol–water partition coefficient (Wildman–Crippen LogP) is 4.87. The van der Waals surface area contributed by atoms with Gasteiger partial charge in [0.25, 0.3) is 0 Å². The lowest BCUT2D eigenvalue weighted by Crippen LogP contribution is -2.40. The number of Topliss-reactive ketones (excluding diaryl/α,β-unsaturated/α-hetero) is 1. The third-order valence-corrected chi connectivity index (χ3v) is 10.2. The van der Waals surface area contributed by atoms with Gasteiger partial charge in [-0.15, -0.1) is 0 Å². The van der Waals surface area contributed by atoms with Gasteiger partial charge in [-0.1, -0.05) is 66.7 Å². The first-order chi connectivity index (χ1) is 20.9.